The molecule has 0 bridgehead atoms. The Morgan fingerprint density at radius 1 is 1.00 bits per heavy atom. The van der Waals surface area contributed by atoms with E-state index in [-0.39, 0.29) is 4.48 Å². The van der Waals surface area contributed by atoms with Crippen LogP contribution in [0.3, 0.4) is 0 Å². The highest BCUT2D eigenvalue weighted by Gasteiger charge is 2.71. The highest BCUT2D eigenvalue weighted by atomic mass is 31.2. The first-order valence-electron chi connectivity index (χ1n) is 5.13. The molecule has 0 rings (SSSR count). The number of quaternary nitrogens is 1. The zero-order valence-corrected chi connectivity index (χ0v) is 12.5. The highest BCUT2D eigenvalue weighted by Crippen LogP contribution is 2.63. The fourth-order valence-corrected chi connectivity index (χ4v) is 1.48. The fourth-order valence-electron chi connectivity index (χ4n) is 0.493. The van der Waals surface area contributed by atoms with Crippen LogP contribution in [0.2, 0.25) is 0 Å². The normalized spacial score (nSPS) is 16.7. The molecule has 0 aromatic carbocycles. The number of alkyl halides is 8. The van der Waals surface area contributed by atoms with Crippen LogP contribution in [-0.4, -0.2) is 55.3 Å². The van der Waals surface area contributed by atoms with Gasteiger partial charge in [0.15, 0.2) is 6.73 Å². The van der Waals surface area contributed by atoms with E-state index in [2.05, 4.69) is 4.52 Å². The minimum absolute atomic E-state index is 0.196. The second kappa shape index (κ2) is 7.53. The maximum absolute atomic E-state index is 12.5. The third-order valence-corrected chi connectivity index (χ3v) is 2.96. The summed E-state index contributed by atoms with van der Waals surface area (Å²) in [5, 5.41) is 0. The summed E-state index contributed by atoms with van der Waals surface area (Å²) >= 11 is 0. The summed E-state index contributed by atoms with van der Waals surface area (Å²) in [4.78, 5) is 8.59. The molecule has 15 heteroatoms. The van der Waals surface area contributed by atoms with E-state index < -0.39 is 38.8 Å². The SMILES string of the molecule is C[N+](C)(C)COP(=O)(O)C(F)(F)C(F)(F)F.F[C-](F)C(F)(F)F. The van der Waals surface area contributed by atoms with E-state index in [9.17, 15) is 48.5 Å². The van der Waals surface area contributed by atoms with Crippen LogP contribution in [0.1, 0.15) is 0 Å². The van der Waals surface area contributed by atoms with E-state index in [0.717, 1.165) is 0 Å². The standard InChI is InChI=1S/C6H11F5NO3P.C2F5/c1-12(2,3)4-15-16(13,14)6(10,11)5(7,8)9;3-1(4)2(5,6)7/h4H2,1-3H3;/q;-1/p+1. The van der Waals surface area contributed by atoms with Crippen LogP contribution in [0.15, 0.2) is 0 Å². The Hall–Kier alpha value is -0.590. The first-order chi connectivity index (χ1) is 9.65. The van der Waals surface area contributed by atoms with Crippen molar-refractivity contribution in [2.75, 3.05) is 27.9 Å². The quantitative estimate of drug-likeness (QED) is 0.259. The summed E-state index contributed by atoms with van der Waals surface area (Å²) in [6.45, 7) is -0.751. The molecule has 1 unspecified atom stereocenters. The van der Waals surface area contributed by atoms with Gasteiger partial charge in [-0.2, -0.15) is 22.0 Å². The van der Waals surface area contributed by atoms with Crippen LogP contribution in [0.5, 0.6) is 0 Å². The van der Waals surface area contributed by atoms with Crippen LogP contribution in [0.25, 0.3) is 0 Å². The molecule has 0 spiro atoms. The van der Waals surface area contributed by atoms with Crippen molar-refractivity contribution in [3.8, 4) is 0 Å². The molecule has 142 valence electrons. The minimum Gasteiger partial charge on any atom is -0.412 e. The van der Waals surface area contributed by atoms with Crippen molar-refractivity contribution in [3.05, 3.63) is 6.43 Å². The predicted molar refractivity (Wildman–Crippen MR) is 56.3 cm³/mol. The third kappa shape index (κ3) is 8.72. The molecular formula is C8H12F10NO3P. The van der Waals surface area contributed by atoms with Gasteiger partial charge < -0.3 is 18.2 Å². The van der Waals surface area contributed by atoms with Crippen molar-refractivity contribution >= 4 is 7.60 Å². The Labute approximate surface area is 123 Å². The molecule has 0 fully saturated rings. The Balaban J connectivity index is 0. The summed E-state index contributed by atoms with van der Waals surface area (Å²) in [5.74, 6) is 0. The number of hydrogen-bond donors (Lipinski definition) is 1. The van der Waals surface area contributed by atoms with E-state index in [0.29, 0.717) is 0 Å². The smallest absolute Gasteiger partial charge is 0.412 e. The average Bonchev–Trinajstić information content (AvgIpc) is 2.23. The molecule has 0 saturated carbocycles. The molecule has 1 atom stereocenters. The molecule has 23 heavy (non-hydrogen) atoms. The summed E-state index contributed by atoms with van der Waals surface area (Å²) in [6.07, 6.45) is -15.0. The fraction of sp³-hybridized carbons (Fsp3) is 0.875. The van der Waals surface area contributed by atoms with Crippen LogP contribution in [0.4, 0.5) is 43.9 Å². The van der Waals surface area contributed by atoms with Gasteiger partial charge in [-0.15, -0.1) is 0 Å². The van der Waals surface area contributed by atoms with Gasteiger partial charge in [0, 0.05) is 0 Å². The summed E-state index contributed by atoms with van der Waals surface area (Å²) in [6, 6.07) is 0. The lowest BCUT2D eigenvalue weighted by Gasteiger charge is -2.28. The highest BCUT2D eigenvalue weighted by molar-refractivity contribution is 7.54. The Bertz CT molecular complexity index is 414. The molecule has 0 aromatic heterocycles. The minimum atomic E-state index is -6.12. The average molecular weight is 391 g/mol. The Kier molecular flexibility index (Phi) is 8.08. The summed E-state index contributed by atoms with van der Waals surface area (Å²) < 4.78 is 127. The Morgan fingerprint density at radius 2 is 1.30 bits per heavy atom. The number of nitrogens with zero attached hydrogens (tertiary/aromatic N) is 1. The molecule has 0 radical (unpaired) electrons. The molecule has 0 heterocycles. The number of rotatable bonds is 4. The van der Waals surface area contributed by atoms with Gasteiger partial charge in [-0.1, -0.05) is 0 Å². The first kappa shape index (κ1) is 24.7. The van der Waals surface area contributed by atoms with E-state index in [1.807, 2.05) is 0 Å². The lowest BCUT2D eigenvalue weighted by atomic mass is 10.7. The van der Waals surface area contributed by atoms with Gasteiger partial charge in [-0.3, -0.25) is 9.09 Å². The van der Waals surface area contributed by atoms with E-state index in [4.69, 9.17) is 4.89 Å². The molecular weight excluding hydrogens is 379 g/mol. The second-order valence-electron chi connectivity index (χ2n) is 4.87. The molecule has 0 saturated heterocycles. The molecule has 0 aromatic rings. The molecule has 4 nitrogen and oxygen atoms in total. The molecule has 0 amide bonds. The van der Waals surface area contributed by atoms with Crippen molar-refractivity contribution in [3.63, 3.8) is 0 Å². The van der Waals surface area contributed by atoms with Crippen LogP contribution < -0.4 is 0 Å². The zero-order chi connectivity index (χ0) is 19.5. The second-order valence-corrected chi connectivity index (χ2v) is 6.73. The van der Waals surface area contributed by atoms with Crippen LogP contribution in [-0.2, 0) is 9.09 Å². The summed E-state index contributed by atoms with van der Waals surface area (Å²) in [7, 11) is -1.90. The van der Waals surface area contributed by atoms with Crippen molar-refractivity contribution < 1.29 is 62.4 Å². The van der Waals surface area contributed by atoms with Gasteiger partial charge in [-0.25, -0.2) is 13.2 Å². The zero-order valence-electron chi connectivity index (χ0n) is 11.6. The number of hydrogen-bond acceptors (Lipinski definition) is 2. The van der Waals surface area contributed by atoms with Crippen LogP contribution in [0, 0.1) is 6.43 Å². The number of halogens is 10. The molecule has 0 aliphatic rings. The topological polar surface area (TPSA) is 46.5 Å². The van der Waals surface area contributed by atoms with Gasteiger partial charge in [0.25, 0.3) is 0 Å². The van der Waals surface area contributed by atoms with Crippen LogP contribution >= 0.6 is 7.60 Å². The van der Waals surface area contributed by atoms with Crippen molar-refractivity contribution in [2.45, 2.75) is 18.0 Å². The molecule has 1 N–H and O–H groups in total. The molecule has 0 aliphatic carbocycles. The van der Waals surface area contributed by atoms with Gasteiger partial charge >= 0.3 is 25.6 Å². The lowest BCUT2D eigenvalue weighted by Crippen LogP contribution is -2.40. The van der Waals surface area contributed by atoms with Crippen molar-refractivity contribution in [2.24, 2.45) is 0 Å². The largest absolute Gasteiger partial charge is 0.466 e. The van der Waals surface area contributed by atoms with Crippen molar-refractivity contribution in [1.82, 2.24) is 0 Å². The van der Waals surface area contributed by atoms with Gasteiger partial charge in [0.1, 0.15) is 6.43 Å². The van der Waals surface area contributed by atoms with Gasteiger partial charge in [-0.05, 0) is 0 Å². The third-order valence-electron chi connectivity index (χ3n) is 1.53. The Morgan fingerprint density at radius 3 is 1.48 bits per heavy atom. The van der Waals surface area contributed by atoms with Gasteiger partial charge in [0.05, 0.1) is 21.1 Å². The maximum Gasteiger partial charge on any atom is 0.466 e. The van der Waals surface area contributed by atoms with Crippen molar-refractivity contribution in [1.29, 1.82) is 0 Å². The lowest BCUT2D eigenvalue weighted by molar-refractivity contribution is -0.887. The maximum atomic E-state index is 12.5. The monoisotopic (exact) mass is 391 g/mol. The summed E-state index contributed by atoms with van der Waals surface area (Å²) in [5.41, 5.74) is -5.77. The van der Waals surface area contributed by atoms with E-state index in [1.165, 1.54) is 21.1 Å². The predicted octanol–water partition coefficient (Wildman–Crippen LogP) is 3.98. The first-order valence-corrected chi connectivity index (χ1v) is 6.70. The van der Waals surface area contributed by atoms with E-state index in [1.54, 1.807) is 0 Å². The van der Waals surface area contributed by atoms with Gasteiger partial charge in [0.2, 0.25) is 0 Å². The molecule has 0 aliphatic heterocycles. The van der Waals surface area contributed by atoms with E-state index >= 15 is 0 Å².